The Morgan fingerprint density at radius 2 is 2.00 bits per heavy atom. The van der Waals surface area contributed by atoms with Crippen LogP contribution in [0.5, 0.6) is 0 Å². The molecule has 0 aromatic carbocycles. The van der Waals surface area contributed by atoms with Crippen molar-refractivity contribution in [2.45, 2.75) is 27.2 Å². The molecule has 0 saturated heterocycles. The van der Waals surface area contributed by atoms with Gasteiger partial charge in [-0.05, 0) is 32.4 Å². The molecule has 0 saturated carbocycles. The number of aryl methyl sites for hydroxylation is 1. The summed E-state index contributed by atoms with van der Waals surface area (Å²) in [6.45, 7) is 5.80. The van der Waals surface area contributed by atoms with Gasteiger partial charge in [-0.15, -0.1) is 0 Å². The first kappa shape index (κ1) is 16.7. The van der Waals surface area contributed by atoms with Crippen LogP contribution < -0.4 is 5.32 Å². The molecule has 1 N–H and O–H groups in total. The fourth-order valence-electron chi connectivity index (χ4n) is 1.57. The highest BCUT2D eigenvalue weighted by molar-refractivity contribution is 5.94. The topological polar surface area (TPSA) is 77.5 Å². The molecule has 0 unspecified atom stereocenters. The first-order valence-corrected chi connectivity index (χ1v) is 6.78. The van der Waals surface area contributed by atoms with Crippen molar-refractivity contribution in [3.8, 4) is 0 Å². The highest BCUT2D eigenvalue weighted by Gasteiger charge is 2.16. The molecule has 0 radical (unpaired) electrons. The lowest BCUT2D eigenvalue weighted by Gasteiger charge is -2.08. The van der Waals surface area contributed by atoms with E-state index in [1.165, 1.54) is 6.20 Å². The number of aromatic nitrogens is 1. The molecule has 1 aromatic rings. The summed E-state index contributed by atoms with van der Waals surface area (Å²) in [6, 6.07) is 3.70. The fraction of sp³-hybridized carbons (Fsp3) is 0.400. The summed E-state index contributed by atoms with van der Waals surface area (Å²) < 4.78 is 9.77. The number of hydrogen-bond donors (Lipinski definition) is 1. The standard InChI is InChI=1S/C15H20N2O4/c1-4-20-13(18)9-12(15(19)21-5-2)10-17-14-11(3)7-6-8-16-14/h6-8,10H,4-5,9H2,1-3H3,(H,16,17)/b12-10-. The lowest BCUT2D eigenvalue weighted by molar-refractivity contribution is -0.145. The average molecular weight is 292 g/mol. The van der Waals surface area contributed by atoms with Crippen LogP contribution >= 0.6 is 0 Å². The van der Waals surface area contributed by atoms with Gasteiger partial charge in [0.25, 0.3) is 0 Å². The molecule has 0 fully saturated rings. The first-order chi connectivity index (χ1) is 10.1. The minimum Gasteiger partial charge on any atom is -0.466 e. The van der Waals surface area contributed by atoms with Crippen molar-refractivity contribution in [2.24, 2.45) is 0 Å². The van der Waals surface area contributed by atoms with Gasteiger partial charge in [0.1, 0.15) is 5.82 Å². The van der Waals surface area contributed by atoms with Gasteiger partial charge in [0.2, 0.25) is 0 Å². The van der Waals surface area contributed by atoms with Crippen LogP contribution in [0.15, 0.2) is 30.1 Å². The van der Waals surface area contributed by atoms with Crippen LogP contribution in [0.1, 0.15) is 25.8 Å². The van der Waals surface area contributed by atoms with Crippen molar-refractivity contribution < 1.29 is 19.1 Å². The molecule has 0 aliphatic rings. The van der Waals surface area contributed by atoms with E-state index in [-0.39, 0.29) is 25.2 Å². The fourth-order valence-corrected chi connectivity index (χ4v) is 1.57. The van der Waals surface area contributed by atoms with Gasteiger partial charge in [-0.1, -0.05) is 6.07 Å². The molecule has 0 spiro atoms. The molecule has 0 bridgehead atoms. The Labute approximate surface area is 124 Å². The predicted molar refractivity (Wildman–Crippen MR) is 78.6 cm³/mol. The van der Waals surface area contributed by atoms with Crippen LogP contribution in [-0.2, 0) is 19.1 Å². The van der Waals surface area contributed by atoms with Crippen molar-refractivity contribution in [3.05, 3.63) is 35.7 Å². The number of nitrogens with zero attached hydrogens (tertiary/aromatic N) is 1. The normalized spacial score (nSPS) is 10.9. The number of carbonyl (C=O) groups is 2. The van der Waals surface area contributed by atoms with Crippen molar-refractivity contribution in [1.82, 2.24) is 4.98 Å². The second kappa shape index (κ2) is 8.73. The van der Waals surface area contributed by atoms with Crippen molar-refractivity contribution in [3.63, 3.8) is 0 Å². The highest BCUT2D eigenvalue weighted by Crippen LogP contribution is 2.12. The summed E-state index contributed by atoms with van der Waals surface area (Å²) >= 11 is 0. The van der Waals surface area contributed by atoms with Crippen LogP contribution in [0.4, 0.5) is 5.82 Å². The summed E-state index contributed by atoms with van der Waals surface area (Å²) in [4.78, 5) is 27.5. The zero-order valence-electron chi connectivity index (χ0n) is 12.5. The molecule has 0 aliphatic heterocycles. The quantitative estimate of drug-likeness (QED) is 0.613. The monoisotopic (exact) mass is 292 g/mol. The van der Waals surface area contributed by atoms with Crippen molar-refractivity contribution in [2.75, 3.05) is 18.5 Å². The van der Waals surface area contributed by atoms with Crippen molar-refractivity contribution >= 4 is 17.8 Å². The predicted octanol–water partition coefficient (Wildman–Crippen LogP) is 2.20. The highest BCUT2D eigenvalue weighted by atomic mass is 16.5. The average Bonchev–Trinajstić information content (AvgIpc) is 2.45. The Morgan fingerprint density at radius 1 is 1.29 bits per heavy atom. The number of carbonyl (C=O) groups excluding carboxylic acids is 2. The van der Waals surface area contributed by atoms with Gasteiger partial charge in [-0.3, -0.25) is 4.79 Å². The molecule has 6 nitrogen and oxygen atoms in total. The summed E-state index contributed by atoms with van der Waals surface area (Å²) in [5.41, 5.74) is 1.12. The summed E-state index contributed by atoms with van der Waals surface area (Å²) in [5, 5.41) is 2.92. The molecule has 1 rings (SSSR count). The smallest absolute Gasteiger partial charge is 0.336 e. The van der Waals surface area contributed by atoms with E-state index >= 15 is 0 Å². The van der Waals surface area contributed by atoms with E-state index in [9.17, 15) is 9.59 Å². The molecule has 114 valence electrons. The minimum absolute atomic E-state index is 0.147. The summed E-state index contributed by atoms with van der Waals surface area (Å²) in [5.74, 6) is -0.411. The number of hydrogen-bond acceptors (Lipinski definition) is 6. The Kier molecular flexibility index (Phi) is 6.94. The number of pyridine rings is 1. The number of ether oxygens (including phenoxy) is 2. The third kappa shape index (κ3) is 5.64. The van der Waals surface area contributed by atoms with Gasteiger partial charge in [0.15, 0.2) is 0 Å². The molecule has 1 aromatic heterocycles. The van der Waals surface area contributed by atoms with Gasteiger partial charge < -0.3 is 14.8 Å². The molecular weight excluding hydrogens is 272 g/mol. The van der Waals surface area contributed by atoms with E-state index in [0.29, 0.717) is 5.82 Å². The third-order valence-electron chi connectivity index (χ3n) is 2.57. The lowest BCUT2D eigenvalue weighted by Crippen LogP contribution is -2.15. The second-order valence-corrected chi connectivity index (χ2v) is 4.19. The van der Waals surface area contributed by atoms with Gasteiger partial charge in [-0.2, -0.15) is 0 Å². The Hall–Kier alpha value is -2.37. The number of nitrogens with one attached hydrogen (secondary N) is 1. The summed E-state index contributed by atoms with van der Waals surface area (Å²) in [6.07, 6.45) is 2.92. The van der Waals surface area contributed by atoms with E-state index in [0.717, 1.165) is 5.56 Å². The molecular formula is C15H20N2O4. The maximum Gasteiger partial charge on any atom is 0.336 e. The Morgan fingerprint density at radius 3 is 2.62 bits per heavy atom. The lowest BCUT2D eigenvalue weighted by atomic mass is 10.2. The van der Waals surface area contributed by atoms with Crippen LogP contribution in [0, 0.1) is 6.92 Å². The van der Waals surface area contributed by atoms with Gasteiger partial charge in [0, 0.05) is 12.4 Å². The SMILES string of the molecule is CCOC(=O)C/C(=C/Nc1ncccc1C)C(=O)OCC. The first-order valence-electron chi connectivity index (χ1n) is 6.78. The van der Waals surface area contributed by atoms with Crippen molar-refractivity contribution in [1.29, 1.82) is 0 Å². The van der Waals surface area contributed by atoms with Crippen LogP contribution in [0.2, 0.25) is 0 Å². The zero-order valence-corrected chi connectivity index (χ0v) is 12.5. The Balaban J connectivity index is 2.84. The Bertz CT molecular complexity index is 526. The van der Waals surface area contributed by atoms with Crippen LogP contribution in [0.25, 0.3) is 0 Å². The third-order valence-corrected chi connectivity index (χ3v) is 2.57. The van der Waals surface area contributed by atoms with Gasteiger partial charge in [-0.25, -0.2) is 9.78 Å². The van der Waals surface area contributed by atoms with E-state index in [2.05, 4.69) is 10.3 Å². The molecule has 6 heteroatoms. The van der Waals surface area contributed by atoms with Crippen LogP contribution in [0.3, 0.4) is 0 Å². The molecule has 0 amide bonds. The number of anilines is 1. The zero-order chi connectivity index (χ0) is 15.7. The minimum atomic E-state index is -0.549. The molecule has 1 heterocycles. The second-order valence-electron chi connectivity index (χ2n) is 4.19. The van der Waals surface area contributed by atoms with Crippen LogP contribution in [-0.4, -0.2) is 30.1 Å². The maximum absolute atomic E-state index is 11.8. The van der Waals surface area contributed by atoms with E-state index in [1.807, 2.05) is 19.1 Å². The molecule has 0 atom stereocenters. The van der Waals surface area contributed by atoms with E-state index < -0.39 is 11.9 Å². The number of esters is 2. The van der Waals surface area contributed by atoms with Gasteiger partial charge in [0.05, 0.1) is 25.2 Å². The molecule has 21 heavy (non-hydrogen) atoms. The van der Waals surface area contributed by atoms with Gasteiger partial charge >= 0.3 is 11.9 Å². The maximum atomic E-state index is 11.8. The molecule has 0 aliphatic carbocycles. The summed E-state index contributed by atoms with van der Waals surface area (Å²) in [7, 11) is 0. The van der Waals surface area contributed by atoms with E-state index in [4.69, 9.17) is 9.47 Å². The van der Waals surface area contributed by atoms with E-state index in [1.54, 1.807) is 20.0 Å². The largest absolute Gasteiger partial charge is 0.466 e. The number of rotatable bonds is 7.